The van der Waals surface area contributed by atoms with E-state index in [0.717, 1.165) is 22.5 Å². The largest absolute Gasteiger partial charge is 0.358 e. The highest BCUT2D eigenvalue weighted by atomic mass is 35.5. The van der Waals surface area contributed by atoms with Gasteiger partial charge in [-0.15, -0.1) is 12.4 Å². The van der Waals surface area contributed by atoms with E-state index in [1.54, 1.807) is 13.0 Å². The molecule has 0 radical (unpaired) electrons. The molecule has 1 heterocycles. The number of halogens is 1. The first-order valence-electron chi connectivity index (χ1n) is 9.38. The number of amides is 1. The van der Waals surface area contributed by atoms with E-state index in [1.165, 1.54) is 5.56 Å². The molecule has 0 saturated carbocycles. The lowest BCUT2D eigenvalue weighted by Gasteiger charge is -2.21. The number of nitrogens with one attached hydrogen (secondary N) is 2. The van der Waals surface area contributed by atoms with Crippen LogP contribution in [0.5, 0.6) is 0 Å². The molecule has 154 valence electrons. The standard InChI is InChI=1S/C22H31N3O2.ClH/c1-13-11-16(22(4,5)6)7-8-17(13)19-12-20(26)18(15(3)25-19)9-10-24-21(27)14(2)23;/h7-8,11-12,14H,9-10,23H2,1-6H3,(H,24,27)(H,25,26);1H/t14-;/m0./s1. The van der Waals surface area contributed by atoms with Crippen molar-refractivity contribution in [2.75, 3.05) is 6.54 Å². The zero-order chi connectivity index (χ0) is 20.4. The minimum Gasteiger partial charge on any atom is -0.358 e. The van der Waals surface area contributed by atoms with Crippen LogP contribution in [0.15, 0.2) is 29.1 Å². The van der Waals surface area contributed by atoms with E-state index in [9.17, 15) is 9.59 Å². The third-order valence-corrected chi connectivity index (χ3v) is 4.82. The van der Waals surface area contributed by atoms with Crippen molar-refractivity contribution in [3.8, 4) is 11.3 Å². The molecule has 0 spiro atoms. The van der Waals surface area contributed by atoms with Crippen LogP contribution < -0.4 is 16.5 Å². The molecule has 0 bridgehead atoms. The van der Waals surface area contributed by atoms with Crippen LogP contribution in [0.3, 0.4) is 0 Å². The number of aromatic nitrogens is 1. The van der Waals surface area contributed by atoms with Gasteiger partial charge in [0.05, 0.1) is 6.04 Å². The fraction of sp³-hybridized carbons (Fsp3) is 0.455. The maximum absolute atomic E-state index is 12.6. The smallest absolute Gasteiger partial charge is 0.236 e. The van der Waals surface area contributed by atoms with Crippen LogP contribution in [0.25, 0.3) is 11.3 Å². The highest BCUT2D eigenvalue weighted by Gasteiger charge is 2.16. The predicted molar refractivity (Wildman–Crippen MR) is 118 cm³/mol. The van der Waals surface area contributed by atoms with Gasteiger partial charge in [0, 0.05) is 35.1 Å². The van der Waals surface area contributed by atoms with E-state index < -0.39 is 6.04 Å². The van der Waals surface area contributed by atoms with Crippen molar-refractivity contribution in [3.63, 3.8) is 0 Å². The summed E-state index contributed by atoms with van der Waals surface area (Å²) < 4.78 is 0. The Balaban J connectivity index is 0.00000392. The third kappa shape index (κ3) is 5.69. The Kier molecular flexibility index (Phi) is 8.03. The average molecular weight is 406 g/mol. The molecule has 1 amide bonds. The molecule has 2 rings (SSSR count). The van der Waals surface area contributed by atoms with Crippen LogP contribution in [0.4, 0.5) is 0 Å². The van der Waals surface area contributed by atoms with Crippen LogP contribution in [0.1, 0.15) is 50.1 Å². The minimum absolute atomic E-state index is 0. The average Bonchev–Trinajstić information content (AvgIpc) is 2.55. The molecular weight excluding hydrogens is 374 g/mol. The first kappa shape index (κ1) is 23.9. The lowest BCUT2D eigenvalue weighted by atomic mass is 9.85. The normalized spacial score (nSPS) is 12.2. The van der Waals surface area contributed by atoms with Crippen molar-refractivity contribution in [1.29, 1.82) is 0 Å². The topological polar surface area (TPSA) is 88.0 Å². The fourth-order valence-corrected chi connectivity index (χ4v) is 3.08. The molecule has 4 N–H and O–H groups in total. The zero-order valence-electron chi connectivity index (χ0n) is 17.6. The lowest BCUT2D eigenvalue weighted by molar-refractivity contribution is -0.121. The molecule has 0 aliphatic carbocycles. The van der Waals surface area contributed by atoms with Crippen molar-refractivity contribution in [2.45, 2.75) is 59.4 Å². The van der Waals surface area contributed by atoms with Gasteiger partial charge in [0.25, 0.3) is 0 Å². The van der Waals surface area contributed by atoms with Crippen LogP contribution in [0.2, 0.25) is 0 Å². The van der Waals surface area contributed by atoms with Crippen molar-refractivity contribution in [3.05, 3.63) is 56.9 Å². The quantitative estimate of drug-likeness (QED) is 0.712. The molecule has 5 nitrogen and oxygen atoms in total. The molecule has 0 fully saturated rings. The molecule has 1 aromatic heterocycles. The van der Waals surface area contributed by atoms with Gasteiger partial charge in [-0.1, -0.05) is 39.0 Å². The van der Waals surface area contributed by atoms with Gasteiger partial charge in [-0.05, 0) is 43.7 Å². The van der Waals surface area contributed by atoms with Gasteiger partial charge in [-0.25, -0.2) is 0 Å². The zero-order valence-corrected chi connectivity index (χ0v) is 18.4. The van der Waals surface area contributed by atoms with Crippen molar-refractivity contribution >= 4 is 18.3 Å². The van der Waals surface area contributed by atoms with Gasteiger partial charge in [0.1, 0.15) is 0 Å². The summed E-state index contributed by atoms with van der Waals surface area (Å²) in [5.74, 6) is -0.213. The Hall–Kier alpha value is -2.11. The second kappa shape index (κ2) is 9.39. The summed E-state index contributed by atoms with van der Waals surface area (Å²) in [7, 11) is 0. The molecule has 28 heavy (non-hydrogen) atoms. The summed E-state index contributed by atoms with van der Waals surface area (Å²) in [6.07, 6.45) is 0.474. The van der Waals surface area contributed by atoms with Crippen LogP contribution in [-0.4, -0.2) is 23.5 Å². The molecule has 0 aliphatic heterocycles. The second-order valence-electron chi connectivity index (χ2n) is 8.26. The van der Waals surface area contributed by atoms with Gasteiger partial charge >= 0.3 is 0 Å². The Bertz CT molecular complexity index is 896. The van der Waals surface area contributed by atoms with Gasteiger partial charge in [-0.3, -0.25) is 9.59 Å². The lowest BCUT2D eigenvalue weighted by Crippen LogP contribution is -2.39. The van der Waals surface area contributed by atoms with Gasteiger partial charge < -0.3 is 16.0 Å². The maximum atomic E-state index is 12.6. The van der Waals surface area contributed by atoms with Crippen molar-refractivity contribution in [2.24, 2.45) is 5.73 Å². The van der Waals surface area contributed by atoms with E-state index in [1.807, 2.05) is 6.92 Å². The number of pyridine rings is 1. The molecular formula is C22H32ClN3O2. The summed E-state index contributed by atoms with van der Waals surface area (Å²) in [4.78, 5) is 27.5. The van der Waals surface area contributed by atoms with Crippen molar-refractivity contribution < 1.29 is 4.79 Å². The number of hydrogen-bond acceptors (Lipinski definition) is 3. The summed E-state index contributed by atoms with van der Waals surface area (Å²) in [5.41, 5.74) is 11.4. The van der Waals surface area contributed by atoms with E-state index in [0.29, 0.717) is 18.5 Å². The molecule has 0 saturated heterocycles. The van der Waals surface area contributed by atoms with Crippen LogP contribution >= 0.6 is 12.4 Å². The number of aryl methyl sites for hydroxylation is 2. The highest BCUT2D eigenvalue weighted by Crippen LogP contribution is 2.28. The molecule has 1 aromatic carbocycles. The number of aromatic amines is 1. The highest BCUT2D eigenvalue weighted by molar-refractivity contribution is 5.85. The Morgan fingerprint density at radius 1 is 1.21 bits per heavy atom. The second-order valence-corrected chi connectivity index (χ2v) is 8.26. The van der Waals surface area contributed by atoms with Gasteiger partial charge in [-0.2, -0.15) is 0 Å². The summed E-state index contributed by atoms with van der Waals surface area (Å²) in [6.45, 7) is 12.5. The summed E-state index contributed by atoms with van der Waals surface area (Å²) >= 11 is 0. The van der Waals surface area contributed by atoms with Gasteiger partial charge in [0.2, 0.25) is 5.91 Å². The van der Waals surface area contributed by atoms with E-state index in [2.05, 4.69) is 56.2 Å². The SMILES string of the molecule is Cc1cc(C(C)(C)C)ccc1-c1cc(=O)c(CCNC(=O)[C@H](C)N)c(C)[nH]1.Cl. The Labute approximate surface area is 173 Å². The molecule has 0 aliphatic rings. The maximum Gasteiger partial charge on any atom is 0.236 e. The van der Waals surface area contributed by atoms with Crippen LogP contribution in [-0.2, 0) is 16.6 Å². The predicted octanol–water partition coefficient (Wildman–Crippen LogP) is 3.38. The number of carbonyl (C=O) groups excluding carboxylic acids is 1. The number of benzene rings is 1. The first-order chi connectivity index (χ1) is 12.5. The first-order valence-corrected chi connectivity index (χ1v) is 9.38. The Morgan fingerprint density at radius 3 is 2.36 bits per heavy atom. The van der Waals surface area contributed by atoms with E-state index in [-0.39, 0.29) is 29.2 Å². The van der Waals surface area contributed by atoms with Crippen molar-refractivity contribution in [1.82, 2.24) is 10.3 Å². The Morgan fingerprint density at radius 2 is 1.86 bits per heavy atom. The molecule has 1 atom stereocenters. The minimum atomic E-state index is -0.550. The molecule has 6 heteroatoms. The van der Waals surface area contributed by atoms with Gasteiger partial charge in [0.15, 0.2) is 5.43 Å². The number of hydrogen-bond donors (Lipinski definition) is 3. The number of nitrogens with two attached hydrogens (primary N) is 1. The third-order valence-electron chi connectivity index (χ3n) is 4.82. The van der Waals surface area contributed by atoms with Crippen LogP contribution in [0, 0.1) is 13.8 Å². The summed E-state index contributed by atoms with van der Waals surface area (Å²) in [5, 5.41) is 2.74. The molecule has 2 aromatic rings. The summed E-state index contributed by atoms with van der Waals surface area (Å²) in [6, 6.07) is 7.47. The van der Waals surface area contributed by atoms with E-state index in [4.69, 9.17) is 5.73 Å². The monoisotopic (exact) mass is 405 g/mol. The molecule has 0 unspecified atom stereocenters. The number of rotatable bonds is 5. The fourth-order valence-electron chi connectivity index (χ4n) is 3.08. The number of H-pyrrole nitrogens is 1. The van der Waals surface area contributed by atoms with E-state index >= 15 is 0 Å². The number of carbonyl (C=O) groups is 1.